The number of hydrogen-bond donors (Lipinski definition) is 2. The van der Waals surface area contributed by atoms with Crippen LogP contribution in [0.25, 0.3) is 11.3 Å². The lowest BCUT2D eigenvalue weighted by Gasteiger charge is -2.42. The van der Waals surface area contributed by atoms with Crippen LogP contribution in [0.15, 0.2) is 30.3 Å². The molecule has 0 spiro atoms. The zero-order valence-electron chi connectivity index (χ0n) is 19.6. The first kappa shape index (κ1) is 26.9. The van der Waals surface area contributed by atoms with Crippen molar-refractivity contribution in [1.29, 1.82) is 0 Å². The van der Waals surface area contributed by atoms with E-state index in [1.807, 2.05) is 0 Å². The van der Waals surface area contributed by atoms with Gasteiger partial charge in [0.2, 0.25) is 0 Å². The number of halogens is 6. The van der Waals surface area contributed by atoms with E-state index in [2.05, 4.69) is 9.82 Å². The van der Waals surface area contributed by atoms with Crippen molar-refractivity contribution in [2.45, 2.75) is 63.0 Å². The van der Waals surface area contributed by atoms with Crippen LogP contribution in [0, 0.1) is 0 Å². The van der Waals surface area contributed by atoms with E-state index in [-0.39, 0.29) is 23.1 Å². The van der Waals surface area contributed by atoms with Crippen molar-refractivity contribution in [2.75, 3.05) is 12.1 Å². The Balaban J connectivity index is 1.85. The second-order valence-corrected chi connectivity index (χ2v) is 8.89. The molecule has 4 rings (SSSR count). The predicted octanol–water partition coefficient (Wildman–Crippen LogP) is 4.45. The lowest BCUT2D eigenvalue weighted by atomic mass is 9.97. The summed E-state index contributed by atoms with van der Waals surface area (Å²) in [5, 5.41) is 0.385. The second-order valence-electron chi connectivity index (χ2n) is 8.89. The molecule has 202 valence electrons. The first-order valence-electron chi connectivity index (χ1n) is 11.5. The molecule has 1 aromatic carbocycles. The molecule has 0 bridgehead atoms. The van der Waals surface area contributed by atoms with Gasteiger partial charge in [0.25, 0.3) is 0 Å². The molecule has 2 heterocycles. The Kier molecular flexibility index (Phi) is 7.27. The molecule has 0 saturated heterocycles. The van der Waals surface area contributed by atoms with Gasteiger partial charge >= 0.3 is 18.3 Å². The second kappa shape index (κ2) is 9.99. The Labute approximate surface area is 208 Å². The van der Waals surface area contributed by atoms with E-state index < -0.39 is 47.7 Å². The summed E-state index contributed by atoms with van der Waals surface area (Å²) in [4.78, 5) is 21.5. The fraction of sp³-hybridized carbons (Fsp3) is 0.478. The van der Waals surface area contributed by atoms with Crippen LogP contribution in [0.4, 0.5) is 32.2 Å². The molecule has 2 aliphatic rings. The standard InChI is InChI=1S/C23H25F6N5O3/c1-33-18(30)13-10-11-15(32-19(13)34(21(33)31)37-20(35)23(27,28)29)17-14(22(24,25)26)8-5-9-16(17)36-12-6-3-2-4-7-12/h5,8-12,18,21H,2-4,6-7,30-31H2,1H3. The highest BCUT2D eigenvalue weighted by Gasteiger charge is 2.46. The summed E-state index contributed by atoms with van der Waals surface area (Å²) in [6.45, 7) is 0. The number of nitrogens with two attached hydrogens (primary N) is 2. The predicted molar refractivity (Wildman–Crippen MR) is 119 cm³/mol. The van der Waals surface area contributed by atoms with Crippen LogP contribution in [-0.4, -0.2) is 41.5 Å². The molecule has 1 aromatic heterocycles. The summed E-state index contributed by atoms with van der Waals surface area (Å²) in [5.41, 5.74) is 10.4. The third kappa shape index (κ3) is 5.45. The number of carbonyl (C=O) groups is 1. The van der Waals surface area contributed by atoms with E-state index in [1.165, 1.54) is 36.2 Å². The molecule has 4 N–H and O–H groups in total. The molecule has 8 nitrogen and oxygen atoms in total. The topological polar surface area (TPSA) is 107 Å². The van der Waals surface area contributed by atoms with Crippen LogP contribution < -0.4 is 21.3 Å². The molecular formula is C23H25F6N5O3. The van der Waals surface area contributed by atoms with Gasteiger partial charge in [-0.2, -0.15) is 31.4 Å². The van der Waals surface area contributed by atoms with E-state index in [9.17, 15) is 31.1 Å². The monoisotopic (exact) mass is 533 g/mol. The molecule has 1 aliphatic carbocycles. The van der Waals surface area contributed by atoms with Gasteiger partial charge < -0.3 is 15.3 Å². The summed E-state index contributed by atoms with van der Waals surface area (Å²) in [6, 6.07) is 6.01. The molecule has 14 heteroatoms. The maximum atomic E-state index is 14.1. The highest BCUT2D eigenvalue weighted by atomic mass is 19.4. The van der Waals surface area contributed by atoms with Crippen molar-refractivity contribution in [1.82, 2.24) is 9.88 Å². The Morgan fingerprint density at radius 2 is 1.70 bits per heavy atom. The molecule has 1 aliphatic heterocycles. The van der Waals surface area contributed by atoms with Crippen LogP contribution in [0.1, 0.15) is 49.4 Å². The first-order chi connectivity index (χ1) is 17.3. The number of benzene rings is 1. The number of hydroxylamine groups is 1. The zero-order chi connectivity index (χ0) is 27.1. The van der Waals surface area contributed by atoms with E-state index in [4.69, 9.17) is 16.2 Å². The largest absolute Gasteiger partial charge is 0.493 e. The van der Waals surface area contributed by atoms with Crippen LogP contribution >= 0.6 is 0 Å². The number of pyridine rings is 1. The van der Waals surface area contributed by atoms with Crippen LogP contribution in [0.5, 0.6) is 5.75 Å². The lowest BCUT2D eigenvalue weighted by molar-refractivity contribution is -0.204. The lowest BCUT2D eigenvalue weighted by Crippen LogP contribution is -2.60. The van der Waals surface area contributed by atoms with E-state index in [0.29, 0.717) is 17.9 Å². The number of aromatic nitrogens is 1. The van der Waals surface area contributed by atoms with Crippen LogP contribution in [0.3, 0.4) is 0 Å². The van der Waals surface area contributed by atoms with Crippen molar-refractivity contribution >= 4 is 11.8 Å². The fourth-order valence-corrected chi connectivity index (χ4v) is 4.41. The third-order valence-corrected chi connectivity index (χ3v) is 6.38. The highest BCUT2D eigenvalue weighted by molar-refractivity contribution is 5.78. The van der Waals surface area contributed by atoms with E-state index in [1.54, 1.807) is 0 Å². The van der Waals surface area contributed by atoms with Crippen molar-refractivity contribution < 1.29 is 40.7 Å². The van der Waals surface area contributed by atoms with Crippen molar-refractivity contribution in [2.24, 2.45) is 11.5 Å². The van der Waals surface area contributed by atoms with Gasteiger partial charge in [-0.05, 0) is 50.9 Å². The minimum Gasteiger partial charge on any atom is -0.490 e. The Morgan fingerprint density at radius 1 is 1.03 bits per heavy atom. The summed E-state index contributed by atoms with van der Waals surface area (Å²) >= 11 is 0. The van der Waals surface area contributed by atoms with Crippen LogP contribution in [-0.2, 0) is 15.8 Å². The smallest absolute Gasteiger partial charge is 0.490 e. The normalized spacial score (nSPS) is 21.5. The molecule has 2 aromatic rings. The number of hydrogen-bond acceptors (Lipinski definition) is 8. The SMILES string of the molecule is CN1C(N)c2ccc(-c3c(OC4CCCCC4)cccc3C(F)(F)F)nc2N(OC(=O)C(F)(F)F)C1N. The Hall–Kier alpha value is -3.10. The highest BCUT2D eigenvalue weighted by Crippen LogP contribution is 2.44. The number of ether oxygens (including phenoxy) is 1. The first-order valence-corrected chi connectivity index (χ1v) is 11.5. The maximum Gasteiger partial charge on any atom is 0.493 e. The van der Waals surface area contributed by atoms with Crippen molar-refractivity contribution in [3.63, 3.8) is 0 Å². The number of alkyl halides is 6. The van der Waals surface area contributed by atoms with Gasteiger partial charge in [0.15, 0.2) is 12.1 Å². The summed E-state index contributed by atoms with van der Waals surface area (Å²) < 4.78 is 87.0. The number of nitrogens with zero attached hydrogens (tertiary/aromatic N) is 3. The average Bonchev–Trinajstić information content (AvgIpc) is 2.84. The number of fused-ring (bicyclic) bond motifs is 1. The average molecular weight is 533 g/mol. The number of carbonyl (C=O) groups excluding carboxylic acids is 1. The summed E-state index contributed by atoms with van der Waals surface area (Å²) in [7, 11) is 1.37. The van der Waals surface area contributed by atoms with Gasteiger partial charge in [-0.25, -0.2) is 9.78 Å². The van der Waals surface area contributed by atoms with E-state index >= 15 is 0 Å². The Bertz CT molecular complexity index is 1150. The van der Waals surface area contributed by atoms with E-state index in [0.717, 1.165) is 25.3 Å². The quantitative estimate of drug-likeness (QED) is 0.556. The van der Waals surface area contributed by atoms with Crippen LogP contribution in [0.2, 0.25) is 0 Å². The molecule has 37 heavy (non-hydrogen) atoms. The minimum absolute atomic E-state index is 0.0745. The molecule has 2 atom stereocenters. The van der Waals surface area contributed by atoms with Gasteiger partial charge in [-0.1, -0.05) is 18.6 Å². The van der Waals surface area contributed by atoms with Crippen molar-refractivity contribution in [3.8, 4) is 17.0 Å². The van der Waals surface area contributed by atoms with Gasteiger partial charge in [0, 0.05) is 5.56 Å². The molecular weight excluding hydrogens is 508 g/mol. The molecule has 0 amide bonds. The summed E-state index contributed by atoms with van der Waals surface area (Å²) in [6.07, 6.45) is -8.87. The van der Waals surface area contributed by atoms with Gasteiger partial charge in [0.05, 0.1) is 29.1 Å². The van der Waals surface area contributed by atoms with Gasteiger partial charge in [0.1, 0.15) is 5.75 Å². The number of rotatable bonds is 4. The molecule has 1 saturated carbocycles. The van der Waals surface area contributed by atoms with Gasteiger partial charge in [-0.3, -0.25) is 10.6 Å². The Morgan fingerprint density at radius 3 is 2.32 bits per heavy atom. The maximum absolute atomic E-state index is 14.1. The zero-order valence-corrected chi connectivity index (χ0v) is 19.6. The molecule has 2 unspecified atom stereocenters. The fourth-order valence-electron chi connectivity index (χ4n) is 4.41. The minimum atomic E-state index is -5.36. The molecule has 0 radical (unpaired) electrons. The van der Waals surface area contributed by atoms with Crippen molar-refractivity contribution in [3.05, 3.63) is 41.5 Å². The number of anilines is 1. The molecule has 1 fully saturated rings. The third-order valence-electron chi connectivity index (χ3n) is 6.38. The van der Waals surface area contributed by atoms with Gasteiger partial charge in [-0.15, -0.1) is 0 Å². The summed E-state index contributed by atoms with van der Waals surface area (Å²) in [5.74, 6) is -3.08.